The van der Waals surface area contributed by atoms with E-state index in [1.165, 1.54) is 24.0 Å². The topological polar surface area (TPSA) is 47.7 Å². The molecule has 0 spiro atoms. The SMILES string of the molecule is COc1ccc(C2C(CN)OCCN2C2CC2)cc1C. The average Bonchev–Trinajstić information content (AvgIpc) is 3.31. The van der Waals surface area contributed by atoms with Crippen molar-refractivity contribution >= 4 is 0 Å². The van der Waals surface area contributed by atoms with Gasteiger partial charge in [-0.05, 0) is 37.0 Å². The van der Waals surface area contributed by atoms with Crippen LogP contribution in [0.5, 0.6) is 5.75 Å². The van der Waals surface area contributed by atoms with Crippen LogP contribution < -0.4 is 10.5 Å². The zero-order valence-corrected chi connectivity index (χ0v) is 12.3. The van der Waals surface area contributed by atoms with E-state index < -0.39 is 0 Å². The fraction of sp³-hybridized carbons (Fsp3) is 0.625. The molecule has 1 aliphatic carbocycles. The number of aryl methyl sites for hydroxylation is 1. The number of ether oxygens (including phenoxy) is 2. The first-order chi connectivity index (χ1) is 9.74. The maximum Gasteiger partial charge on any atom is 0.121 e. The minimum atomic E-state index is 0.0946. The van der Waals surface area contributed by atoms with Gasteiger partial charge in [0.25, 0.3) is 0 Å². The van der Waals surface area contributed by atoms with Gasteiger partial charge in [-0.2, -0.15) is 0 Å². The summed E-state index contributed by atoms with van der Waals surface area (Å²) in [6, 6.07) is 7.43. The van der Waals surface area contributed by atoms with Gasteiger partial charge in [-0.1, -0.05) is 12.1 Å². The van der Waals surface area contributed by atoms with Crippen LogP contribution in [0.1, 0.15) is 30.0 Å². The molecule has 2 aliphatic rings. The molecule has 2 N–H and O–H groups in total. The Hall–Kier alpha value is -1.10. The summed E-state index contributed by atoms with van der Waals surface area (Å²) in [7, 11) is 1.71. The van der Waals surface area contributed by atoms with Crippen molar-refractivity contribution in [2.24, 2.45) is 5.73 Å². The molecule has 1 heterocycles. The Labute approximate surface area is 120 Å². The van der Waals surface area contributed by atoms with Crippen LogP contribution in [0.2, 0.25) is 0 Å². The predicted octanol–water partition coefficient (Wildman–Crippen LogP) is 1.87. The summed E-state index contributed by atoms with van der Waals surface area (Å²) in [5.41, 5.74) is 8.40. The van der Waals surface area contributed by atoms with Crippen LogP contribution in [-0.4, -0.2) is 43.9 Å². The summed E-state index contributed by atoms with van der Waals surface area (Å²) in [4.78, 5) is 2.59. The maximum absolute atomic E-state index is 5.93. The molecule has 0 amide bonds. The van der Waals surface area contributed by atoms with E-state index in [-0.39, 0.29) is 12.1 Å². The molecule has 2 fully saturated rings. The number of hydrogen-bond donors (Lipinski definition) is 1. The van der Waals surface area contributed by atoms with E-state index in [2.05, 4.69) is 30.0 Å². The van der Waals surface area contributed by atoms with Crippen LogP contribution >= 0.6 is 0 Å². The van der Waals surface area contributed by atoms with Gasteiger partial charge in [-0.3, -0.25) is 4.90 Å². The van der Waals surface area contributed by atoms with Crippen molar-refractivity contribution in [3.05, 3.63) is 29.3 Å². The van der Waals surface area contributed by atoms with Crippen molar-refractivity contribution in [2.75, 3.05) is 26.8 Å². The number of nitrogens with two attached hydrogens (primary N) is 1. The Kier molecular flexibility index (Phi) is 3.96. The lowest BCUT2D eigenvalue weighted by Crippen LogP contribution is -2.49. The standard InChI is InChI=1S/C16H24N2O2/c1-11-9-12(3-6-14(11)19-2)16-15(10-17)20-8-7-18(16)13-4-5-13/h3,6,9,13,15-16H,4-5,7-8,10,17H2,1-2H3. The molecular formula is C16H24N2O2. The zero-order chi connectivity index (χ0) is 14.1. The van der Waals surface area contributed by atoms with E-state index >= 15 is 0 Å². The molecule has 3 rings (SSSR count). The fourth-order valence-corrected chi connectivity index (χ4v) is 3.26. The van der Waals surface area contributed by atoms with Crippen LogP contribution in [-0.2, 0) is 4.74 Å². The molecule has 1 aromatic rings. The van der Waals surface area contributed by atoms with Crippen LogP contribution in [0.15, 0.2) is 18.2 Å². The second-order valence-electron chi connectivity index (χ2n) is 5.79. The number of hydrogen-bond acceptors (Lipinski definition) is 4. The van der Waals surface area contributed by atoms with Crippen LogP contribution in [0.4, 0.5) is 0 Å². The smallest absolute Gasteiger partial charge is 0.121 e. The molecule has 2 unspecified atom stereocenters. The van der Waals surface area contributed by atoms with E-state index in [1.807, 2.05) is 0 Å². The Bertz CT molecular complexity index is 474. The third-order valence-electron chi connectivity index (χ3n) is 4.40. The van der Waals surface area contributed by atoms with Crippen molar-refractivity contribution in [3.63, 3.8) is 0 Å². The van der Waals surface area contributed by atoms with Gasteiger partial charge >= 0.3 is 0 Å². The maximum atomic E-state index is 5.93. The van der Waals surface area contributed by atoms with Crippen LogP contribution in [0.25, 0.3) is 0 Å². The van der Waals surface area contributed by atoms with Gasteiger partial charge in [0, 0.05) is 19.1 Å². The summed E-state index contributed by atoms with van der Waals surface area (Å²) in [5.74, 6) is 0.938. The van der Waals surface area contributed by atoms with Gasteiger partial charge < -0.3 is 15.2 Å². The zero-order valence-electron chi connectivity index (χ0n) is 12.3. The highest BCUT2D eigenvalue weighted by Crippen LogP contribution is 2.39. The first kappa shape index (κ1) is 13.9. The van der Waals surface area contributed by atoms with E-state index in [9.17, 15) is 0 Å². The molecule has 20 heavy (non-hydrogen) atoms. The number of benzene rings is 1. The molecule has 4 heteroatoms. The second kappa shape index (κ2) is 5.72. The lowest BCUT2D eigenvalue weighted by Gasteiger charge is -2.41. The summed E-state index contributed by atoms with van der Waals surface area (Å²) < 4.78 is 11.3. The Morgan fingerprint density at radius 3 is 2.80 bits per heavy atom. The van der Waals surface area contributed by atoms with E-state index in [1.54, 1.807) is 7.11 Å². The Morgan fingerprint density at radius 2 is 2.20 bits per heavy atom. The van der Waals surface area contributed by atoms with Crippen LogP contribution in [0, 0.1) is 6.92 Å². The highest BCUT2D eigenvalue weighted by atomic mass is 16.5. The van der Waals surface area contributed by atoms with Gasteiger partial charge in [0.05, 0.1) is 25.9 Å². The number of nitrogens with zero attached hydrogens (tertiary/aromatic N) is 1. The van der Waals surface area contributed by atoms with Gasteiger partial charge in [0.15, 0.2) is 0 Å². The van der Waals surface area contributed by atoms with Crippen molar-refractivity contribution in [1.82, 2.24) is 4.90 Å². The minimum absolute atomic E-state index is 0.0946. The van der Waals surface area contributed by atoms with E-state index in [0.717, 1.165) is 24.9 Å². The summed E-state index contributed by atoms with van der Waals surface area (Å²) in [6.07, 6.45) is 2.71. The van der Waals surface area contributed by atoms with Crippen molar-refractivity contribution in [2.45, 2.75) is 38.0 Å². The highest BCUT2D eigenvalue weighted by Gasteiger charge is 2.40. The van der Waals surface area contributed by atoms with Crippen molar-refractivity contribution in [1.29, 1.82) is 0 Å². The highest BCUT2D eigenvalue weighted by molar-refractivity contribution is 5.38. The van der Waals surface area contributed by atoms with E-state index in [0.29, 0.717) is 6.54 Å². The molecule has 1 aromatic carbocycles. The van der Waals surface area contributed by atoms with Crippen molar-refractivity contribution < 1.29 is 9.47 Å². The van der Waals surface area contributed by atoms with Gasteiger partial charge in [-0.25, -0.2) is 0 Å². The minimum Gasteiger partial charge on any atom is -0.496 e. The molecule has 1 saturated carbocycles. The predicted molar refractivity (Wildman–Crippen MR) is 79.0 cm³/mol. The molecule has 1 aliphatic heterocycles. The monoisotopic (exact) mass is 276 g/mol. The molecule has 0 aromatic heterocycles. The van der Waals surface area contributed by atoms with Gasteiger partial charge in [0.1, 0.15) is 5.75 Å². The quantitative estimate of drug-likeness (QED) is 0.912. The summed E-state index contributed by atoms with van der Waals surface area (Å²) in [6.45, 7) is 4.46. The molecule has 0 bridgehead atoms. The van der Waals surface area contributed by atoms with Gasteiger partial charge in [-0.15, -0.1) is 0 Å². The lowest BCUT2D eigenvalue weighted by atomic mass is 9.96. The Morgan fingerprint density at radius 1 is 1.40 bits per heavy atom. The Balaban J connectivity index is 1.91. The molecule has 1 saturated heterocycles. The fourth-order valence-electron chi connectivity index (χ4n) is 3.26. The van der Waals surface area contributed by atoms with Crippen LogP contribution in [0.3, 0.4) is 0 Å². The largest absolute Gasteiger partial charge is 0.496 e. The third kappa shape index (κ3) is 2.55. The first-order valence-electron chi connectivity index (χ1n) is 7.46. The normalized spacial score (nSPS) is 27.6. The number of morpholine rings is 1. The molecule has 0 radical (unpaired) electrons. The van der Waals surface area contributed by atoms with E-state index in [4.69, 9.17) is 15.2 Å². The number of rotatable bonds is 4. The first-order valence-corrected chi connectivity index (χ1v) is 7.46. The average molecular weight is 276 g/mol. The third-order valence-corrected chi connectivity index (χ3v) is 4.40. The summed E-state index contributed by atoms with van der Waals surface area (Å²) >= 11 is 0. The number of methoxy groups -OCH3 is 1. The molecule has 110 valence electrons. The lowest BCUT2D eigenvalue weighted by molar-refractivity contribution is -0.0712. The second-order valence-corrected chi connectivity index (χ2v) is 5.79. The molecule has 2 atom stereocenters. The molecule has 4 nitrogen and oxygen atoms in total. The summed E-state index contributed by atoms with van der Waals surface area (Å²) in [5, 5.41) is 0. The van der Waals surface area contributed by atoms with Gasteiger partial charge in [0.2, 0.25) is 0 Å². The van der Waals surface area contributed by atoms with Crippen molar-refractivity contribution in [3.8, 4) is 5.75 Å². The molecular weight excluding hydrogens is 252 g/mol.